The molecule has 6 nitrogen and oxygen atoms in total. The van der Waals surface area contributed by atoms with Crippen LogP contribution in [0.15, 0.2) is 48.5 Å². The Hall–Kier alpha value is -3.02. The zero-order valence-electron chi connectivity index (χ0n) is 14.6. The summed E-state index contributed by atoms with van der Waals surface area (Å²) >= 11 is 0. The van der Waals surface area contributed by atoms with Crippen molar-refractivity contribution in [2.75, 3.05) is 13.7 Å². The summed E-state index contributed by atoms with van der Waals surface area (Å²) in [5, 5.41) is 14.6. The Kier molecular flexibility index (Phi) is 5.11. The number of hydrogen-bond donors (Lipinski definition) is 3. The Balaban J connectivity index is 1.50. The van der Waals surface area contributed by atoms with E-state index in [1.165, 1.54) is 17.7 Å². The molecule has 1 saturated carbocycles. The summed E-state index contributed by atoms with van der Waals surface area (Å²) in [5.74, 6) is -0.141. The molecule has 6 heteroatoms. The van der Waals surface area contributed by atoms with Crippen LogP contribution in [0, 0.1) is 0 Å². The Bertz CT molecular complexity index is 798. The number of carboxylic acids is 1. The number of ether oxygens (including phenoxy) is 1. The average molecular weight is 354 g/mol. The van der Waals surface area contributed by atoms with Gasteiger partial charge < -0.3 is 20.5 Å². The molecule has 3 N–H and O–H groups in total. The van der Waals surface area contributed by atoms with E-state index in [9.17, 15) is 9.59 Å². The molecule has 0 aromatic heterocycles. The molecule has 0 radical (unpaired) electrons. The number of methoxy groups -OCH3 is 1. The van der Waals surface area contributed by atoms with Crippen LogP contribution in [0.2, 0.25) is 0 Å². The molecule has 1 fully saturated rings. The van der Waals surface area contributed by atoms with Crippen LogP contribution in [-0.4, -0.2) is 30.8 Å². The summed E-state index contributed by atoms with van der Waals surface area (Å²) in [4.78, 5) is 22.9. The highest BCUT2D eigenvalue weighted by molar-refractivity contribution is 5.87. The monoisotopic (exact) mass is 354 g/mol. The second kappa shape index (κ2) is 7.47. The van der Waals surface area contributed by atoms with E-state index in [0.717, 1.165) is 24.2 Å². The third-order valence-electron chi connectivity index (χ3n) is 4.78. The van der Waals surface area contributed by atoms with E-state index in [0.29, 0.717) is 13.1 Å². The number of carbonyl (C=O) groups excluding carboxylic acids is 1. The minimum absolute atomic E-state index is 0.00494. The first-order chi connectivity index (χ1) is 12.5. The molecular weight excluding hydrogens is 332 g/mol. The maximum absolute atomic E-state index is 12.1. The van der Waals surface area contributed by atoms with Gasteiger partial charge in [-0.2, -0.15) is 0 Å². The fourth-order valence-corrected chi connectivity index (χ4v) is 2.93. The minimum atomic E-state index is -0.963. The van der Waals surface area contributed by atoms with Gasteiger partial charge in [0, 0.05) is 18.5 Å². The molecule has 0 heterocycles. The van der Waals surface area contributed by atoms with Crippen LogP contribution in [0.25, 0.3) is 0 Å². The van der Waals surface area contributed by atoms with Crippen molar-refractivity contribution >= 4 is 12.0 Å². The molecule has 1 aliphatic rings. The van der Waals surface area contributed by atoms with Gasteiger partial charge in [-0.3, -0.25) is 0 Å². The maximum atomic E-state index is 12.1. The van der Waals surface area contributed by atoms with Crippen molar-refractivity contribution in [2.45, 2.75) is 24.8 Å². The third kappa shape index (κ3) is 4.14. The molecule has 0 atom stereocenters. The lowest BCUT2D eigenvalue weighted by atomic mass is 9.96. The van der Waals surface area contributed by atoms with Gasteiger partial charge in [-0.05, 0) is 48.2 Å². The fourth-order valence-electron chi connectivity index (χ4n) is 2.93. The molecule has 2 aromatic carbocycles. The van der Waals surface area contributed by atoms with E-state index in [-0.39, 0.29) is 17.0 Å². The van der Waals surface area contributed by atoms with Gasteiger partial charge in [0.05, 0.1) is 12.7 Å². The largest absolute Gasteiger partial charge is 0.497 e. The summed E-state index contributed by atoms with van der Waals surface area (Å²) in [6.45, 7) is 0.918. The van der Waals surface area contributed by atoms with Crippen molar-refractivity contribution in [3.8, 4) is 5.75 Å². The summed E-state index contributed by atoms with van der Waals surface area (Å²) in [5.41, 5.74) is 2.25. The van der Waals surface area contributed by atoms with Crippen molar-refractivity contribution in [1.29, 1.82) is 0 Å². The highest BCUT2D eigenvalue weighted by Gasteiger charge is 2.44. The Morgan fingerprint density at radius 2 is 1.85 bits per heavy atom. The number of amides is 2. The summed E-state index contributed by atoms with van der Waals surface area (Å²) < 4.78 is 5.28. The Labute approximate surface area is 152 Å². The number of urea groups is 1. The molecule has 0 aliphatic heterocycles. The SMILES string of the molecule is COc1cccc(C2(CNC(=O)NCc3ccc(C(=O)O)cc3)CC2)c1. The predicted octanol–water partition coefficient (Wildman–Crippen LogP) is 2.92. The molecule has 2 aromatic rings. The second-order valence-electron chi connectivity index (χ2n) is 6.55. The minimum Gasteiger partial charge on any atom is -0.497 e. The molecule has 3 rings (SSSR count). The van der Waals surface area contributed by atoms with Gasteiger partial charge in [-0.25, -0.2) is 9.59 Å². The standard InChI is InChI=1S/C20H22N2O4/c1-26-17-4-2-3-16(11-17)20(9-10-20)13-22-19(25)21-12-14-5-7-15(8-6-14)18(23)24/h2-8,11H,9-10,12-13H2,1H3,(H,23,24)(H2,21,22,25). The molecule has 26 heavy (non-hydrogen) atoms. The van der Waals surface area contributed by atoms with Gasteiger partial charge in [-0.15, -0.1) is 0 Å². The van der Waals surface area contributed by atoms with Crippen LogP contribution >= 0.6 is 0 Å². The van der Waals surface area contributed by atoms with Crippen LogP contribution in [0.3, 0.4) is 0 Å². The van der Waals surface area contributed by atoms with Crippen LogP contribution < -0.4 is 15.4 Å². The lowest BCUT2D eigenvalue weighted by Crippen LogP contribution is -2.39. The number of rotatable bonds is 7. The van der Waals surface area contributed by atoms with E-state index >= 15 is 0 Å². The van der Waals surface area contributed by atoms with Gasteiger partial charge in [0.15, 0.2) is 0 Å². The zero-order chi connectivity index (χ0) is 18.6. The number of benzene rings is 2. The number of nitrogens with one attached hydrogen (secondary N) is 2. The molecule has 2 amide bonds. The van der Waals surface area contributed by atoms with Gasteiger partial charge in [-0.1, -0.05) is 24.3 Å². The normalized spacial score (nSPS) is 14.3. The first-order valence-corrected chi connectivity index (χ1v) is 8.51. The molecule has 0 saturated heterocycles. The summed E-state index contributed by atoms with van der Waals surface area (Å²) in [7, 11) is 1.65. The van der Waals surface area contributed by atoms with Crippen molar-refractivity contribution < 1.29 is 19.4 Å². The first kappa shape index (κ1) is 17.8. The van der Waals surface area contributed by atoms with Gasteiger partial charge in [0.1, 0.15) is 5.75 Å². The van der Waals surface area contributed by atoms with Gasteiger partial charge in [0.2, 0.25) is 0 Å². The van der Waals surface area contributed by atoms with Crippen LogP contribution in [0.5, 0.6) is 5.75 Å². The van der Waals surface area contributed by atoms with E-state index in [4.69, 9.17) is 9.84 Å². The molecule has 136 valence electrons. The number of carboxylic acid groups (broad SMARTS) is 1. The van der Waals surface area contributed by atoms with E-state index < -0.39 is 5.97 Å². The van der Waals surface area contributed by atoms with Crippen molar-refractivity contribution in [2.24, 2.45) is 0 Å². The highest BCUT2D eigenvalue weighted by atomic mass is 16.5. The van der Waals surface area contributed by atoms with Gasteiger partial charge >= 0.3 is 12.0 Å². The third-order valence-corrected chi connectivity index (χ3v) is 4.78. The van der Waals surface area contributed by atoms with Crippen molar-refractivity contribution in [3.05, 3.63) is 65.2 Å². The molecular formula is C20H22N2O4. The smallest absolute Gasteiger partial charge is 0.335 e. The van der Waals surface area contributed by atoms with E-state index in [1.54, 1.807) is 19.2 Å². The lowest BCUT2D eigenvalue weighted by Gasteiger charge is -2.17. The molecule has 1 aliphatic carbocycles. The fraction of sp³-hybridized carbons (Fsp3) is 0.300. The average Bonchev–Trinajstić information content (AvgIpc) is 3.46. The van der Waals surface area contributed by atoms with Gasteiger partial charge in [0.25, 0.3) is 0 Å². The Morgan fingerprint density at radius 3 is 2.46 bits per heavy atom. The number of hydrogen-bond acceptors (Lipinski definition) is 3. The van der Waals surface area contributed by atoms with Crippen molar-refractivity contribution in [1.82, 2.24) is 10.6 Å². The topological polar surface area (TPSA) is 87.7 Å². The highest BCUT2D eigenvalue weighted by Crippen LogP contribution is 2.48. The maximum Gasteiger partial charge on any atom is 0.335 e. The Morgan fingerprint density at radius 1 is 1.12 bits per heavy atom. The first-order valence-electron chi connectivity index (χ1n) is 8.51. The molecule has 0 spiro atoms. The van der Waals surface area contributed by atoms with Crippen molar-refractivity contribution in [3.63, 3.8) is 0 Å². The molecule has 0 bridgehead atoms. The summed E-state index contributed by atoms with van der Waals surface area (Å²) in [6, 6.07) is 14.2. The molecule has 0 unspecified atom stereocenters. The zero-order valence-corrected chi connectivity index (χ0v) is 14.6. The summed E-state index contributed by atoms with van der Waals surface area (Å²) in [6.07, 6.45) is 2.08. The number of carbonyl (C=O) groups is 2. The van der Waals surface area contributed by atoms with E-state index in [1.807, 2.05) is 18.2 Å². The van der Waals surface area contributed by atoms with Crippen LogP contribution in [0.4, 0.5) is 4.79 Å². The van der Waals surface area contributed by atoms with E-state index in [2.05, 4.69) is 16.7 Å². The van der Waals surface area contributed by atoms with Crippen LogP contribution in [-0.2, 0) is 12.0 Å². The quantitative estimate of drug-likeness (QED) is 0.713. The second-order valence-corrected chi connectivity index (χ2v) is 6.55. The lowest BCUT2D eigenvalue weighted by molar-refractivity contribution is 0.0697. The predicted molar refractivity (Wildman–Crippen MR) is 97.5 cm³/mol. The number of aromatic carboxylic acids is 1. The van der Waals surface area contributed by atoms with Crippen LogP contribution in [0.1, 0.15) is 34.3 Å².